The van der Waals surface area contributed by atoms with E-state index in [-0.39, 0.29) is 35.6 Å². The average Bonchev–Trinajstić information content (AvgIpc) is 3.00. The van der Waals surface area contributed by atoms with Gasteiger partial charge < -0.3 is 25.0 Å². The van der Waals surface area contributed by atoms with Crippen molar-refractivity contribution in [3.8, 4) is 5.75 Å². The second kappa shape index (κ2) is 6.48. The lowest BCUT2D eigenvalue weighted by molar-refractivity contribution is 0.0694. The van der Waals surface area contributed by atoms with Crippen LogP contribution in [-0.2, 0) is 0 Å². The van der Waals surface area contributed by atoms with E-state index >= 15 is 4.39 Å². The number of carbonyl (C=O) groups is 1. The number of nitrogens with zero attached hydrogens (tertiary/aromatic N) is 2. The number of benzene rings is 1. The summed E-state index contributed by atoms with van der Waals surface area (Å²) >= 11 is 0. The highest BCUT2D eigenvalue weighted by Crippen LogP contribution is 2.43. The molecule has 3 N–H and O–H groups in total. The van der Waals surface area contributed by atoms with Gasteiger partial charge >= 0.3 is 5.97 Å². The fraction of sp³-hybridized carbons (Fsp3) is 0.500. The van der Waals surface area contributed by atoms with Gasteiger partial charge in [0.1, 0.15) is 17.9 Å². The highest BCUT2D eigenvalue weighted by atomic mass is 19.1. The first kappa shape index (κ1) is 18.7. The number of nitrogens with two attached hydrogens (primary N) is 1. The number of carboxylic acid groups (broad SMARTS) is 1. The van der Waals surface area contributed by atoms with Crippen LogP contribution in [0.4, 0.5) is 10.1 Å². The van der Waals surface area contributed by atoms with Gasteiger partial charge in [0.15, 0.2) is 11.6 Å². The maximum Gasteiger partial charge on any atom is 0.341 e. The van der Waals surface area contributed by atoms with Crippen LogP contribution in [-0.4, -0.2) is 41.4 Å². The smallest absolute Gasteiger partial charge is 0.341 e. The predicted octanol–water partition coefficient (Wildman–Crippen LogP) is 2.21. The van der Waals surface area contributed by atoms with E-state index in [1.807, 2.05) is 11.8 Å². The van der Waals surface area contributed by atoms with E-state index in [0.29, 0.717) is 36.0 Å². The Hall–Kier alpha value is -2.61. The van der Waals surface area contributed by atoms with Crippen molar-refractivity contribution in [2.45, 2.75) is 32.9 Å². The van der Waals surface area contributed by atoms with Gasteiger partial charge in [-0.2, -0.15) is 0 Å². The van der Waals surface area contributed by atoms with E-state index in [4.69, 9.17) is 10.5 Å². The average molecular weight is 389 g/mol. The van der Waals surface area contributed by atoms with Crippen LogP contribution in [0.3, 0.4) is 0 Å². The van der Waals surface area contributed by atoms with Gasteiger partial charge in [0.05, 0.1) is 16.9 Å². The van der Waals surface area contributed by atoms with E-state index in [0.717, 1.165) is 6.07 Å². The molecule has 4 rings (SSSR count). The van der Waals surface area contributed by atoms with Crippen LogP contribution in [0.25, 0.3) is 10.9 Å². The van der Waals surface area contributed by atoms with Gasteiger partial charge in [-0.3, -0.25) is 4.79 Å². The first-order valence-corrected chi connectivity index (χ1v) is 9.48. The first-order valence-electron chi connectivity index (χ1n) is 9.48. The van der Waals surface area contributed by atoms with Crippen molar-refractivity contribution in [3.63, 3.8) is 0 Å². The third kappa shape index (κ3) is 2.66. The quantitative estimate of drug-likeness (QED) is 0.835. The molecule has 0 bridgehead atoms. The van der Waals surface area contributed by atoms with E-state index in [1.165, 1.54) is 6.20 Å². The number of ether oxygens (including phenoxy) is 1. The molecule has 2 aliphatic rings. The number of pyridine rings is 1. The second-order valence-corrected chi connectivity index (χ2v) is 8.15. The van der Waals surface area contributed by atoms with Crippen molar-refractivity contribution >= 4 is 22.6 Å². The normalized spacial score (nSPS) is 24.1. The molecule has 28 heavy (non-hydrogen) atoms. The Morgan fingerprint density at radius 2 is 2.11 bits per heavy atom. The SMILES string of the molecule is CC(C)C1CN(c2c(F)cc3c(=O)c(C(=O)O)cn4c3c2OC[C@@H]4C)C[C@H]1N. The Morgan fingerprint density at radius 1 is 1.39 bits per heavy atom. The number of aromatic carboxylic acids is 1. The van der Waals surface area contributed by atoms with Gasteiger partial charge in [-0.15, -0.1) is 0 Å². The lowest BCUT2D eigenvalue weighted by atomic mass is 9.92. The van der Waals surface area contributed by atoms with Crippen molar-refractivity contribution in [1.82, 2.24) is 4.57 Å². The third-order valence-corrected chi connectivity index (χ3v) is 5.96. The number of rotatable bonds is 3. The van der Waals surface area contributed by atoms with Crippen LogP contribution in [0.5, 0.6) is 5.75 Å². The number of halogens is 1. The summed E-state index contributed by atoms with van der Waals surface area (Å²) in [5, 5.41) is 9.38. The van der Waals surface area contributed by atoms with E-state index in [2.05, 4.69) is 13.8 Å². The molecule has 1 unspecified atom stereocenters. The summed E-state index contributed by atoms with van der Waals surface area (Å²) in [6.45, 7) is 7.41. The summed E-state index contributed by atoms with van der Waals surface area (Å²) in [5.74, 6) is -1.05. The molecule has 0 amide bonds. The van der Waals surface area contributed by atoms with Gasteiger partial charge in [0, 0.05) is 25.3 Å². The van der Waals surface area contributed by atoms with E-state index in [9.17, 15) is 14.7 Å². The maximum absolute atomic E-state index is 15.2. The van der Waals surface area contributed by atoms with Crippen LogP contribution in [0.1, 0.15) is 37.2 Å². The Morgan fingerprint density at radius 3 is 2.71 bits per heavy atom. The van der Waals surface area contributed by atoms with Crippen molar-refractivity contribution < 1.29 is 19.0 Å². The molecule has 8 heteroatoms. The largest absolute Gasteiger partial charge is 0.487 e. The molecule has 150 valence electrons. The molecule has 2 aromatic rings. The molecule has 0 spiro atoms. The lowest BCUT2D eigenvalue weighted by Crippen LogP contribution is -2.32. The van der Waals surface area contributed by atoms with Crippen molar-refractivity contribution in [2.24, 2.45) is 17.6 Å². The topological polar surface area (TPSA) is 97.8 Å². The molecule has 1 aromatic heterocycles. The molecule has 1 fully saturated rings. The van der Waals surface area contributed by atoms with Gasteiger partial charge in [-0.05, 0) is 24.8 Å². The minimum Gasteiger partial charge on any atom is -0.487 e. The van der Waals surface area contributed by atoms with Crippen LogP contribution in [0.2, 0.25) is 0 Å². The molecule has 3 heterocycles. The van der Waals surface area contributed by atoms with Crippen LogP contribution < -0.4 is 20.8 Å². The van der Waals surface area contributed by atoms with Crippen LogP contribution >= 0.6 is 0 Å². The fourth-order valence-electron chi connectivity index (χ4n) is 4.40. The lowest BCUT2D eigenvalue weighted by Gasteiger charge is -2.31. The molecule has 0 saturated carbocycles. The van der Waals surface area contributed by atoms with E-state index < -0.39 is 17.2 Å². The van der Waals surface area contributed by atoms with E-state index in [1.54, 1.807) is 4.57 Å². The molecule has 2 aliphatic heterocycles. The number of hydrogen-bond acceptors (Lipinski definition) is 5. The zero-order valence-electron chi connectivity index (χ0n) is 16.1. The van der Waals surface area contributed by atoms with Gasteiger partial charge in [0.25, 0.3) is 0 Å². The maximum atomic E-state index is 15.2. The zero-order chi connectivity index (χ0) is 20.3. The molecule has 1 saturated heterocycles. The highest BCUT2D eigenvalue weighted by molar-refractivity contribution is 5.97. The highest BCUT2D eigenvalue weighted by Gasteiger charge is 2.37. The summed E-state index contributed by atoms with van der Waals surface area (Å²) in [7, 11) is 0. The Kier molecular flexibility index (Phi) is 4.33. The third-order valence-electron chi connectivity index (χ3n) is 5.96. The molecule has 1 aromatic carbocycles. The molecule has 0 aliphatic carbocycles. The minimum atomic E-state index is -1.33. The zero-order valence-corrected chi connectivity index (χ0v) is 16.1. The number of aromatic nitrogens is 1. The molecular formula is C20H24FN3O4. The Labute approximate surface area is 161 Å². The molecule has 0 radical (unpaired) electrons. The van der Waals surface area contributed by atoms with Gasteiger partial charge in [-0.25, -0.2) is 9.18 Å². The van der Waals surface area contributed by atoms with Gasteiger partial charge in [0.2, 0.25) is 5.43 Å². The monoisotopic (exact) mass is 389 g/mol. The van der Waals surface area contributed by atoms with Crippen molar-refractivity contribution in [1.29, 1.82) is 0 Å². The standard InChI is InChI=1S/C20H24FN3O4/c1-9(2)12-5-23(7-15(12)22)17-14(21)4-11-16-19(17)28-8-10(3)24(16)6-13(18(11)25)20(26)27/h4,6,9-10,12,15H,5,7-8,22H2,1-3H3,(H,26,27)/t10-,12?,15+/m0/s1. The fourth-order valence-corrected chi connectivity index (χ4v) is 4.40. The summed E-state index contributed by atoms with van der Waals surface area (Å²) in [6, 6.07) is 0.868. The number of anilines is 1. The Balaban J connectivity index is 1.97. The minimum absolute atomic E-state index is 0.0200. The molecule has 7 nitrogen and oxygen atoms in total. The predicted molar refractivity (Wildman–Crippen MR) is 104 cm³/mol. The van der Waals surface area contributed by atoms with Crippen molar-refractivity contribution in [2.75, 3.05) is 24.6 Å². The van der Waals surface area contributed by atoms with Crippen LogP contribution in [0.15, 0.2) is 17.1 Å². The molecule has 3 atom stereocenters. The molecular weight excluding hydrogens is 365 g/mol. The Bertz CT molecular complexity index is 1030. The van der Waals surface area contributed by atoms with Gasteiger partial charge in [-0.1, -0.05) is 13.8 Å². The summed E-state index contributed by atoms with van der Waals surface area (Å²) in [5.41, 5.74) is 5.94. The number of carboxylic acids is 1. The summed E-state index contributed by atoms with van der Waals surface area (Å²) in [6.07, 6.45) is 1.33. The summed E-state index contributed by atoms with van der Waals surface area (Å²) in [4.78, 5) is 26.0. The van der Waals surface area contributed by atoms with Crippen molar-refractivity contribution in [3.05, 3.63) is 33.9 Å². The second-order valence-electron chi connectivity index (χ2n) is 8.15. The summed E-state index contributed by atoms with van der Waals surface area (Å²) < 4.78 is 22.8. The number of hydrogen-bond donors (Lipinski definition) is 2. The first-order chi connectivity index (χ1) is 13.2. The van der Waals surface area contributed by atoms with Crippen LogP contribution in [0, 0.1) is 17.7 Å².